The number of rotatable bonds is 7. The number of nitrogens with zero attached hydrogens (tertiary/aromatic N) is 2. The van der Waals surface area contributed by atoms with Gasteiger partial charge in [0, 0.05) is 44.6 Å². The highest BCUT2D eigenvalue weighted by atomic mass is 19.1. The molecule has 28 heavy (non-hydrogen) atoms. The number of carbonyl (C=O) groups is 2. The third kappa shape index (κ3) is 5.30. The van der Waals surface area contributed by atoms with Crippen LogP contribution in [-0.4, -0.2) is 47.8 Å². The molecule has 1 aromatic carbocycles. The molecule has 2 amide bonds. The van der Waals surface area contributed by atoms with Crippen molar-refractivity contribution < 1.29 is 18.4 Å². The van der Waals surface area contributed by atoms with Crippen molar-refractivity contribution in [2.75, 3.05) is 20.1 Å². The standard InChI is InChI=1S/C22H32F2N2O2/c1-5-15(3)22(28)26-11-9-16(10-12-26)20(25(4)21(27)6-2)13-17-7-8-18(23)14-19(17)24/h7-8,14-16,20H,5-6,9-13H2,1-4H3/t15-,20-/m0/s1. The Balaban J connectivity index is 2.14. The van der Waals surface area contributed by atoms with Crippen molar-refractivity contribution in [3.05, 3.63) is 35.4 Å². The molecule has 1 saturated heterocycles. The molecule has 0 aliphatic carbocycles. The molecule has 1 aliphatic heterocycles. The molecule has 0 saturated carbocycles. The Morgan fingerprint density at radius 1 is 1.21 bits per heavy atom. The van der Waals surface area contributed by atoms with Crippen molar-refractivity contribution in [1.82, 2.24) is 9.80 Å². The van der Waals surface area contributed by atoms with E-state index >= 15 is 0 Å². The average molecular weight is 395 g/mol. The SMILES string of the molecule is CCC(=O)N(C)[C@@H](Cc1ccc(F)cc1F)C1CCN(C(=O)[C@@H](C)CC)CC1. The number of hydrogen-bond acceptors (Lipinski definition) is 2. The van der Waals surface area contributed by atoms with E-state index in [0.29, 0.717) is 31.5 Å². The Kier molecular flexibility index (Phi) is 7.96. The van der Waals surface area contributed by atoms with Gasteiger partial charge in [-0.05, 0) is 43.2 Å². The van der Waals surface area contributed by atoms with Crippen molar-refractivity contribution in [2.24, 2.45) is 11.8 Å². The van der Waals surface area contributed by atoms with Crippen molar-refractivity contribution in [2.45, 2.75) is 58.9 Å². The molecule has 1 heterocycles. The van der Waals surface area contributed by atoms with Crippen molar-refractivity contribution in [3.63, 3.8) is 0 Å². The molecule has 2 rings (SSSR count). The van der Waals surface area contributed by atoms with Crippen LogP contribution in [0.5, 0.6) is 0 Å². The topological polar surface area (TPSA) is 40.6 Å². The summed E-state index contributed by atoms with van der Waals surface area (Å²) in [5.74, 6) is -0.805. The summed E-state index contributed by atoms with van der Waals surface area (Å²) >= 11 is 0. The molecule has 1 fully saturated rings. The molecule has 156 valence electrons. The van der Waals surface area contributed by atoms with Crippen LogP contribution < -0.4 is 0 Å². The number of likely N-dealkylation sites (N-methyl/N-ethyl adjacent to an activating group) is 1. The number of carbonyl (C=O) groups excluding carboxylic acids is 2. The Morgan fingerprint density at radius 2 is 1.86 bits per heavy atom. The van der Waals surface area contributed by atoms with Crippen LogP contribution in [0.2, 0.25) is 0 Å². The zero-order valence-electron chi connectivity index (χ0n) is 17.4. The van der Waals surface area contributed by atoms with Crippen LogP contribution in [0.25, 0.3) is 0 Å². The van der Waals surface area contributed by atoms with Gasteiger partial charge >= 0.3 is 0 Å². The normalized spacial score (nSPS) is 17.3. The first-order valence-corrected chi connectivity index (χ1v) is 10.3. The number of amides is 2. The molecular weight excluding hydrogens is 362 g/mol. The highest BCUT2D eigenvalue weighted by Gasteiger charge is 2.33. The second-order valence-corrected chi connectivity index (χ2v) is 7.84. The summed E-state index contributed by atoms with van der Waals surface area (Å²) in [6, 6.07) is 3.43. The van der Waals surface area contributed by atoms with Crippen LogP contribution in [0.15, 0.2) is 18.2 Å². The van der Waals surface area contributed by atoms with Gasteiger partial charge in [0.1, 0.15) is 11.6 Å². The summed E-state index contributed by atoms with van der Waals surface area (Å²) in [6.45, 7) is 7.08. The first-order valence-electron chi connectivity index (χ1n) is 10.3. The number of halogens is 2. The van der Waals surface area contributed by atoms with Crippen molar-refractivity contribution in [3.8, 4) is 0 Å². The van der Waals surface area contributed by atoms with E-state index in [4.69, 9.17) is 0 Å². The van der Waals surface area contributed by atoms with E-state index in [2.05, 4.69) is 0 Å². The van der Waals surface area contributed by atoms with Gasteiger partial charge in [-0.2, -0.15) is 0 Å². The maximum Gasteiger partial charge on any atom is 0.225 e. The summed E-state index contributed by atoms with van der Waals surface area (Å²) in [4.78, 5) is 28.4. The molecule has 1 aliphatic rings. The van der Waals surface area contributed by atoms with E-state index in [9.17, 15) is 18.4 Å². The summed E-state index contributed by atoms with van der Waals surface area (Å²) in [7, 11) is 1.76. The van der Waals surface area contributed by atoms with E-state index in [-0.39, 0.29) is 29.7 Å². The molecule has 0 aromatic heterocycles. The van der Waals surface area contributed by atoms with Gasteiger partial charge in [0.15, 0.2) is 0 Å². The third-order valence-electron chi connectivity index (χ3n) is 6.07. The predicted octanol–water partition coefficient (Wildman–Crippen LogP) is 4.03. The van der Waals surface area contributed by atoms with Gasteiger partial charge in [-0.25, -0.2) is 8.78 Å². The predicted molar refractivity (Wildman–Crippen MR) is 106 cm³/mol. The molecule has 0 unspecified atom stereocenters. The van der Waals surface area contributed by atoms with Gasteiger partial charge in [-0.3, -0.25) is 9.59 Å². The van der Waals surface area contributed by atoms with Gasteiger partial charge in [0.2, 0.25) is 11.8 Å². The van der Waals surface area contributed by atoms with Gasteiger partial charge in [0.25, 0.3) is 0 Å². The quantitative estimate of drug-likeness (QED) is 0.701. The van der Waals surface area contributed by atoms with E-state index in [1.807, 2.05) is 25.7 Å². The molecular formula is C22H32F2N2O2. The van der Waals surface area contributed by atoms with Crippen molar-refractivity contribution >= 4 is 11.8 Å². The first-order chi connectivity index (χ1) is 13.3. The minimum atomic E-state index is -0.604. The van der Waals surface area contributed by atoms with Gasteiger partial charge in [-0.1, -0.05) is 26.8 Å². The van der Waals surface area contributed by atoms with Crippen LogP contribution in [0.1, 0.15) is 52.0 Å². The smallest absolute Gasteiger partial charge is 0.225 e. The Labute approximate surface area is 166 Å². The average Bonchev–Trinajstić information content (AvgIpc) is 2.71. The van der Waals surface area contributed by atoms with Crippen LogP contribution in [0, 0.1) is 23.5 Å². The molecule has 0 spiro atoms. The second-order valence-electron chi connectivity index (χ2n) is 7.84. The highest BCUT2D eigenvalue weighted by Crippen LogP contribution is 2.28. The fraction of sp³-hybridized carbons (Fsp3) is 0.636. The Morgan fingerprint density at radius 3 is 2.39 bits per heavy atom. The number of hydrogen-bond donors (Lipinski definition) is 0. The Hall–Kier alpha value is -1.98. The zero-order chi connectivity index (χ0) is 20.8. The number of piperidine rings is 1. The van der Waals surface area contributed by atoms with E-state index in [0.717, 1.165) is 25.3 Å². The summed E-state index contributed by atoms with van der Waals surface area (Å²) in [5, 5.41) is 0. The fourth-order valence-corrected chi connectivity index (χ4v) is 3.96. The molecule has 0 N–H and O–H groups in total. The lowest BCUT2D eigenvalue weighted by Gasteiger charge is -2.40. The van der Waals surface area contributed by atoms with E-state index < -0.39 is 11.6 Å². The minimum Gasteiger partial charge on any atom is -0.342 e. The molecule has 1 aromatic rings. The van der Waals surface area contributed by atoms with Gasteiger partial charge < -0.3 is 9.80 Å². The maximum atomic E-state index is 14.2. The molecule has 6 heteroatoms. The largest absolute Gasteiger partial charge is 0.342 e. The fourth-order valence-electron chi connectivity index (χ4n) is 3.96. The zero-order valence-corrected chi connectivity index (χ0v) is 17.4. The summed E-state index contributed by atoms with van der Waals surface area (Å²) in [6.07, 6.45) is 3.09. The number of likely N-dealkylation sites (tertiary alicyclic amines) is 1. The molecule has 0 bridgehead atoms. The van der Waals surface area contributed by atoms with Crippen molar-refractivity contribution in [1.29, 1.82) is 0 Å². The van der Waals surface area contributed by atoms with Crippen LogP contribution in [0.4, 0.5) is 8.78 Å². The lowest BCUT2D eigenvalue weighted by molar-refractivity contribution is -0.138. The van der Waals surface area contributed by atoms with Crippen LogP contribution in [-0.2, 0) is 16.0 Å². The number of benzene rings is 1. The van der Waals surface area contributed by atoms with Crippen LogP contribution in [0.3, 0.4) is 0 Å². The second kappa shape index (κ2) is 9.99. The molecule has 4 nitrogen and oxygen atoms in total. The maximum absolute atomic E-state index is 14.2. The monoisotopic (exact) mass is 394 g/mol. The highest BCUT2D eigenvalue weighted by molar-refractivity contribution is 5.78. The third-order valence-corrected chi connectivity index (χ3v) is 6.07. The lowest BCUT2D eigenvalue weighted by atomic mass is 9.84. The molecule has 2 atom stereocenters. The first kappa shape index (κ1) is 22.3. The summed E-state index contributed by atoms with van der Waals surface area (Å²) < 4.78 is 27.5. The van der Waals surface area contributed by atoms with E-state index in [1.165, 1.54) is 12.1 Å². The summed E-state index contributed by atoms with van der Waals surface area (Å²) in [5.41, 5.74) is 0.417. The Bertz CT molecular complexity index is 687. The minimum absolute atomic E-state index is 0.00521. The van der Waals surface area contributed by atoms with Gasteiger partial charge in [0.05, 0.1) is 0 Å². The van der Waals surface area contributed by atoms with E-state index in [1.54, 1.807) is 11.9 Å². The van der Waals surface area contributed by atoms with Gasteiger partial charge in [-0.15, -0.1) is 0 Å². The molecule has 0 radical (unpaired) electrons. The lowest BCUT2D eigenvalue weighted by Crippen LogP contribution is -2.49. The van der Waals surface area contributed by atoms with Crippen LogP contribution >= 0.6 is 0 Å².